The second-order valence-corrected chi connectivity index (χ2v) is 4.04. The number of nitrogens with zero attached hydrogens (tertiary/aromatic N) is 1. The van der Waals surface area contributed by atoms with Crippen molar-refractivity contribution in [2.24, 2.45) is 10.7 Å². The summed E-state index contributed by atoms with van der Waals surface area (Å²) in [6, 6.07) is 0. The maximum Gasteiger partial charge on any atom is 0.254 e. The highest BCUT2D eigenvalue weighted by molar-refractivity contribution is 6.06. The monoisotopic (exact) mass is 197 g/mol. The number of carbonyl (C=O) groups is 1. The maximum atomic E-state index is 11.5. The van der Waals surface area contributed by atoms with Crippen molar-refractivity contribution in [3.63, 3.8) is 0 Å². The Hall–Kier alpha value is -1.06. The van der Waals surface area contributed by atoms with Crippen LogP contribution < -0.4 is 11.1 Å². The van der Waals surface area contributed by atoms with Crippen molar-refractivity contribution in [1.82, 2.24) is 5.32 Å². The van der Waals surface area contributed by atoms with Gasteiger partial charge in [0, 0.05) is 0 Å². The zero-order chi connectivity index (χ0) is 10.6. The predicted octanol–water partition coefficient (Wildman–Crippen LogP) is 1.16. The quantitative estimate of drug-likeness (QED) is 0.649. The Kier molecular flexibility index (Phi) is 3.49. The van der Waals surface area contributed by atoms with Crippen LogP contribution in [0.3, 0.4) is 0 Å². The Balaban J connectivity index is 2.38. The van der Waals surface area contributed by atoms with Gasteiger partial charge in [0.15, 0.2) is 5.96 Å². The van der Waals surface area contributed by atoms with Gasteiger partial charge >= 0.3 is 0 Å². The second-order valence-electron chi connectivity index (χ2n) is 4.04. The summed E-state index contributed by atoms with van der Waals surface area (Å²) in [7, 11) is 0. The van der Waals surface area contributed by atoms with Crippen molar-refractivity contribution < 1.29 is 4.79 Å². The molecule has 80 valence electrons. The summed E-state index contributed by atoms with van der Waals surface area (Å²) >= 11 is 0. The van der Waals surface area contributed by atoms with Crippen LogP contribution >= 0.6 is 0 Å². The number of amides is 1. The van der Waals surface area contributed by atoms with E-state index in [1.54, 1.807) is 0 Å². The number of unbranched alkanes of at least 4 members (excludes halogenated alkanes) is 3. The fourth-order valence-corrected chi connectivity index (χ4v) is 1.66. The minimum absolute atomic E-state index is 0.0634. The maximum absolute atomic E-state index is 11.5. The number of aliphatic imine (C=N–C) groups is 1. The van der Waals surface area contributed by atoms with E-state index in [1.165, 1.54) is 12.8 Å². The number of rotatable bonds is 5. The first kappa shape index (κ1) is 11.0. The number of nitrogens with two attached hydrogens (primary N) is 1. The minimum atomic E-state index is -0.613. The van der Waals surface area contributed by atoms with E-state index in [2.05, 4.69) is 17.2 Å². The molecular formula is C10H19N3O. The smallest absolute Gasteiger partial charge is 0.254 e. The molecule has 1 unspecified atom stereocenters. The summed E-state index contributed by atoms with van der Waals surface area (Å²) in [6.45, 7) is 4.01. The van der Waals surface area contributed by atoms with E-state index in [-0.39, 0.29) is 11.9 Å². The number of hydrogen-bond donors (Lipinski definition) is 2. The first-order valence-corrected chi connectivity index (χ1v) is 5.25. The van der Waals surface area contributed by atoms with E-state index in [1.807, 2.05) is 6.92 Å². The molecule has 1 aliphatic rings. The van der Waals surface area contributed by atoms with Crippen molar-refractivity contribution in [1.29, 1.82) is 0 Å². The molecule has 14 heavy (non-hydrogen) atoms. The molecular weight excluding hydrogens is 178 g/mol. The third-order valence-electron chi connectivity index (χ3n) is 2.62. The molecule has 0 saturated heterocycles. The normalized spacial score (nSPS) is 26.1. The van der Waals surface area contributed by atoms with E-state index in [0.717, 1.165) is 19.3 Å². The Morgan fingerprint density at radius 2 is 2.14 bits per heavy atom. The van der Waals surface area contributed by atoms with E-state index in [0.29, 0.717) is 0 Å². The largest absolute Gasteiger partial charge is 0.370 e. The van der Waals surface area contributed by atoms with Gasteiger partial charge < -0.3 is 5.73 Å². The molecule has 0 bridgehead atoms. The number of hydrogen-bond acceptors (Lipinski definition) is 3. The molecule has 4 nitrogen and oxygen atoms in total. The molecule has 0 aromatic carbocycles. The molecule has 0 fully saturated rings. The topological polar surface area (TPSA) is 67.5 Å². The summed E-state index contributed by atoms with van der Waals surface area (Å²) in [6.07, 6.45) is 5.41. The van der Waals surface area contributed by atoms with Crippen molar-refractivity contribution in [2.75, 3.05) is 0 Å². The van der Waals surface area contributed by atoms with Crippen LogP contribution in [-0.4, -0.2) is 17.4 Å². The average molecular weight is 197 g/mol. The van der Waals surface area contributed by atoms with Crippen LogP contribution in [0.2, 0.25) is 0 Å². The van der Waals surface area contributed by atoms with Gasteiger partial charge in [0.05, 0.1) is 0 Å². The summed E-state index contributed by atoms with van der Waals surface area (Å²) in [5.41, 5.74) is 4.84. The van der Waals surface area contributed by atoms with E-state index in [9.17, 15) is 4.79 Å². The molecule has 0 aromatic heterocycles. The van der Waals surface area contributed by atoms with Crippen molar-refractivity contribution in [3.8, 4) is 0 Å². The fourth-order valence-electron chi connectivity index (χ4n) is 1.66. The third-order valence-corrected chi connectivity index (χ3v) is 2.62. The molecule has 0 aliphatic carbocycles. The number of nitrogens with one attached hydrogen (secondary N) is 1. The molecule has 1 rings (SSSR count). The molecule has 1 aliphatic heterocycles. The summed E-state index contributed by atoms with van der Waals surface area (Å²) in [5.74, 6) is 0.194. The lowest BCUT2D eigenvalue weighted by atomic mass is 9.95. The first-order chi connectivity index (χ1) is 6.58. The van der Waals surface area contributed by atoms with Gasteiger partial charge in [-0.25, -0.2) is 4.99 Å². The van der Waals surface area contributed by atoms with Crippen LogP contribution in [-0.2, 0) is 4.79 Å². The van der Waals surface area contributed by atoms with E-state index < -0.39 is 5.54 Å². The molecule has 0 spiro atoms. The molecule has 0 saturated carbocycles. The van der Waals surface area contributed by atoms with Crippen LogP contribution in [0.5, 0.6) is 0 Å². The van der Waals surface area contributed by atoms with Gasteiger partial charge in [0.25, 0.3) is 5.91 Å². The van der Waals surface area contributed by atoms with Crippen LogP contribution in [0.1, 0.15) is 46.0 Å². The third kappa shape index (κ3) is 2.47. The van der Waals surface area contributed by atoms with Crippen LogP contribution in [0.15, 0.2) is 4.99 Å². The zero-order valence-corrected chi connectivity index (χ0v) is 8.97. The molecule has 0 aromatic rings. The molecule has 1 heterocycles. The second kappa shape index (κ2) is 4.44. The number of guanidine groups is 1. The highest BCUT2D eigenvalue weighted by Crippen LogP contribution is 2.22. The molecule has 4 heteroatoms. The average Bonchev–Trinajstić information content (AvgIpc) is 2.36. The SMILES string of the molecule is CCCCCCC1(C)N=C(N)NC1=O. The summed E-state index contributed by atoms with van der Waals surface area (Å²) in [5, 5.41) is 2.54. The lowest BCUT2D eigenvalue weighted by Crippen LogP contribution is -2.38. The Morgan fingerprint density at radius 3 is 2.64 bits per heavy atom. The van der Waals surface area contributed by atoms with E-state index in [4.69, 9.17) is 5.73 Å². The number of carbonyl (C=O) groups excluding carboxylic acids is 1. The van der Waals surface area contributed by atoms with Gasteiger partial charge in [-0.1, -0.05) is 32.6 Å². The Labute approximate surface area is 85.0 Å². The van der Waals surface area contributed by atoms with Crippen molar-refractivity contribution in [2.45, 2.75) is 51.5 Å². The molecule has 1 atom stereocenters. The first-order valence-electron chi connectivity index (χ1n) is 5.25. The summed E-state index contributed by atoms with van der Waals surface area (Å²) in [4.78, 5) is 15.6. The van der Waals surface area contributed by atoms with Crippen molar-refractivity contribution in [3.05, 3.63) is 0 Å². The van der Waals surface area contributed by atoms with Crippen LogP contribution in [0, 0.1) is 0 Å². The van der Waals surface area contributed by atoms with Crippen molar-refractivity contribution >= 4 is 11.9 Å². The van der Waals surface area contributed by atoms with Gasteiger partial charge in [0.2, 0.25) is 0 Å². The van der Waals surface area contributed by atoms with Gasteiger partial charge in [-0.3, -0.25) is 10.1 Å². The highest BCUT2D eigenvalue weighted by Gasteiger charge is 2.37. The minimum Gasteiger partial charge on any atom is -0.370 e. The lowest BCUT2D eigenvalue weighted by molar-refractivity contribution is -0.123. The standard InChI is InChI=1S/C10H19N3O/c1-3-4-5-6-7-10(2)8(14)12-9(11)13-10/h3-7H2,1-2H3,(H3,11,12,13,14). The zero-order valence-electron chi connectivity index (χ0n) is 8.97. The van der Waals surface area contributed by atoms with Gasteiger partial charge in [0.1, 0.15) is 5.54 Å². The summed E-state index contributed by atoms with van der Waals surface area (Å²) < 4.78 is 0. The molecule has 1 amide bonds. The fraction of sp³-hybridized carbons (Fsp3) is 0.800. The molecule has 0 radical (unpaired) electrons. The van der Waals surface area contributed by atoms with Gasteiger partial charge in [-0.2, -0.15) is 0 Å². The van der Waals surface area contributed by atoms with E-state index >= 15 is 0 Å². The predicted molar refractivity (Wildman–Crippen MR) is 56.9 cm³/mol. The molecule has 3 N–H and O–H groups in total. The Bertz CT molecular complexity index is 250. The highest BCUT2D eigenvalue weighted by atomic mass is 16.2. The van der Waals surface area contributed by atoms with Crippen LogP contribution in [0.25, 0.3) is 0 Å². The van der Waals surface area contributed by atoms with Gasteiger partial charge in [-0.05, 0) is 13.3 Å². The van der Waals surface area contributed by atoms with Crippen LogP contribution in [0.4, 0.5) is 0 Å². The van der Waals surface area contributed by atoms with Gasteiger partial charge in [-0.15, -0.1) is 0 Å². The lowest BCUT2D eigenvalue weighted by Gasteiger charge is -2.16. The Morgan fingerprint density at radius 1 is 1.43 bits per heavy atom.